The molecule has 2 aromatic rings. The molecule has 1 aliphatic heterocycles. The van der Waals surface area contributed by atoms with Crippen molar-refractivity contribution in [3.63, 3.8) is 0 Å². The normalized spacial score (nSPS) is 16.5. The molecule has 0 atom stereocenters. The van der Waals surface area contributed by atoms with Gasteiger partial charge in [0, 0.05) is 37.4 Å². The maximum absolute atomic E-state index is 6.12. The molecule has 0 amide bonds. The first kappa shape index (κ1) is 20.8. The van der Waals surface area contributed by atoms with Crippen LogP contribution in [0, 0.1) is 5.92 Å². The molecule has 0 radical (unpaired) electrons. The highest BCUT2D eigenvalue weighted by Gasteiger charge is 2.24. The summed E-state index contributed by atoms with van der Waals surface area (Å²) in [5, 5.41) is 3.28. The van der Waals surface area contributed by atoms with Crippen LogP contribution in [0.3, 0.4) is 0 Å². The number of nitrogens with one attached hydrogen (secondary N) is 1. The summed E-state index contributed by atoms with van der Waals surface area (Å²) in [7, 11) is 1.77. The molecular weight excluding hydrogens is 372 g/mol. The molecule has 0 unspecified atom stereocenters. The summed E-state index contributed by atoms with van der Waals surface area (Å²) in [4.78, 5) is 2.51. The number of hydrogen-bond acceptors (Lipinski definition) is 4. The van der Waals surface area contributed by atoms with E-state index in [0.29, 0.717) is 0 Å². The first-order valence-electron chi connectivity index (χ1n) is 11.1. The minimum Gasteiger partial charge on any atom is -0.493 e. The number of nitrogens with zero attached hydrogens (tertiary/aromatic N) is 1. The molecule has 1 aliphatic carbocycles. The highest BCUT2D eigenvalue weighted by Crippen LogP contribution is 2.38. The van der Waals surface area contributed by atoms with E-state index in [1.165, 1.54) is 41.5 Å². The van der Waals surface area contributed by atoms with E-state index in [9.17, 15) is 0 Å². The van der Waals surface area contributed by atoms with Crippen LogP contribution in [0.1, 0.15) is 48.4 Å². The lowest BCUT2D eigenvalue weighted by Gasteiger charge is -2.31. The minimum absolute atomic E-state index is 0.726. The Bertz CT molecular complexity index is 871. The third kappa shape index (κ3) is 4.99. The van der Waals surface area contributed by atoms with Crippen LogP contribution >= 0.6 is 0 Å². The van der Waals surface area contributed by atoms with Crippen LogP contribution in [-0.2, 0) is 26.1 Å². The smallest absolute Gasteiger partial charge is 0.164 e. The third-order valence-corrected chi connectivity index (χ3v) is 6.32. The number of benzene rings is 2. The minimum atomic E-state index is 0.726. The molecule has 1 saturated carbocycles. The number of methoxy groups -OCH3 is 1. The van der Waals surface area contributed by atoms with Crippen molar-refractivity contribution in [1.82, 2.24) is 10.2 Å². The predicted molar refractivity (Wildman–Crippen MR) is 122 cm³/mol. The summed E-state index contributed by atoms with van der Waals surface area (Å²) in [6.45, 7) is 10.5. The van der Waals surface area contributed by atoms with Crippen LogP contribution in [0.25, 0.3) is 0 Å². The van der Waals surface area contributed by atoms with Gasteiger partial charge in [0.15, 0.2) is 11.5 Å². The molecule has 30 heavy (non-hydrogen) atoms. The second-order valence-electron chi connectivity index (χ2n) is 8.75. The molecule has 4 rings (SSSR count). The summed E-state index contributed by atoms with van der Waals surface area (Å²) in [5.41, 5.74) is 6.31. The Morgan fingerprint density at radius 3 is 2.57 bits per heavy atom. The number of rotatable bonds is 9. The second-order valence-corrected chi connectivity index (χ2v) is 8.75. The molecule has 0 aromatic heterocycles. The Balaban J connectivity index is 1.37. The van der Waals surface area contributed by atoms with Gasteiger partial charge in [-0.3, -0.25) is 4.90 Å². The Kier molecular flexibility index (Phi) is 6.63. The number of fused-ring (bicyclic) bond motifs is 1. The van der Waals surface area contributed by atoms with Gasteiger partial charge in [0.1, 0.15) is 0 Å². The fraction of sp³-hybridized carbons (Fsp3) is 0.462. The van der Waals surface area contributed by atoms with Crippen molar-refractivity contribution in [2.75, 3.05) is 20.3 Å². The van der Waals surface area contributed by atoms with Gasteiger partial charge in [-0.2, -0.15) is 0 Å². The first-order chi connectivity index (χ1) is 14.6. The SMILES string of the molecule is C=C(C)NCc1ccc(CN2CCc3c(ccc(OCC4CCC4)c3OC)C2)cc1. The van der Waals surface area contributed by atoms with Crippen LogP contribution in [0.5, 0.6) is 11.5 Å². The molecule has 1 N–H and O–H groups in total. The Labute approximate surface area is 180 Å². The van der Waals surface area contributed by atoms with Gasteiger partial charge in [0.05, 0.1) is 13.7 Å². The van der Waals surface area contributed by atoms with Crippen LogP contribution in [-0.4, -0.2) is 25.2 Å². The molecule has 2 aromatic carbocycles. The fourth-order valence-corrected chi connectivity index (χ4v) is 4.27. The van der Waals surface area contributed by atoms with E-state index in [0.717, 1.165) is 62.3 Å². The topological polar surface area (TPSA) is 33.7 Å². The molecular formula is C26H34N2O2. The summed E-state index contributed by atoms with van der Waals surface area (Å²) in [6.07, 6.45) is 4.94. The molecule has 0 spiro atoms. The highest BCUT2D eigenvalue weighted by molar-refractivity contribution is 5.51. The van der Waals surface area contributed by atoms with Crippen molar-refractivity contribution >= 4 is 0 Å². The zero-order chi connectivity index (χ0) is 20.9. The standard InChI is InChI=1S/C26H34N2O2/c1-19(2)27-15-20-7-9-21(10-8-20)16-28-14-13-24-23(17-28)11-12-25(26(24)29-3)30-18-22-5-4-6-22/h7-12,22,27H,1,4-6,13-18H2,2-3H3. The molecule has 1 heterocycles. The van der Waals surface area contributed by atoms with E-state index < -0.39 is 0 Å². The van der Waals surface area contributed by atoms with Crippen LogP contribution < -0.4 is 14.8 Å². The lowest BCUT2D eigenvalue weighted by Crippen LogP contribution is -2.30. The van der Waals surface area contributed by atoms with E-state index in [1.807, 2.05) is 6.92 Å². The quantitative estimate of drug-likeness (QED) is 0.631. The fourth-order valence-electron chi connectivity index (χ4n) is 4.27. The average molecular weight is 407 g/mol. The maximum atomic E-state index is 6.12. The lowest BCUT2D eigenvalue weighted by atomic mass is 9.86. The van der Waals surface area contributed by atoms with Crippen LogP contribution in [0.4, 0.5) is 0 Å². The number of allylic oxidation sites excluding steroid dienone is 1. The Morgan fingerprint density at radius 2 is 1.90 bits per heavy atom. The summed E-state index contributed by atoms with van der Waals surface area (Å²) < 4.78 is 11.9. The van der Waals surface area contributed by atoms with E-state index >= 15 is 0 Å². The molecule has 160 valence electrons. The van der Waals surface area contributed by atoms with Crippen molar-refractivity contribution < 1.29 is 9.47 Å². The second kappa shape index (κ2) is 9.57. The van der Waals surface area contributed by atoms with E-state index in [1.54, 1.807) is 7.11 Å². The van der Waals surface area contributed by atoms with Crippen molar-refractivity contribution in [2.45, 2.75) is 52.2 Å². The van der Waals surface area contributed by atoms with Gasteiger partial charge >= 0.3 is 0 Å². The number of ether oxygens (including phenoxy) is 2. The molecule has 1 fully saturated rings. The van der Waals surface area contributed by atoms with Gasteiger partial charge in [-0.05, 0) is 54.9 Å². The van der Waals surface area contributed by atoms with Gasteiger partial charge in [0.25, 0.3) is 0 Å². The summed E-state index contributed by atoms with van der Waals surface area (Å²) in [6, 6.07) is 13.2. The van der Waals surface area contributed by atoms with E-state index in [4.69, 9.17) is 9.47 Å². The van der Waals surface area contributed by atoms with E-state index in [2.05, 4.69) is 53.2 Å². The number of hydrogen-bond donors (Lipinski definition) is 1. The largest absolute Gasteiger partial charge is 0.493 e. The zero-order valence-corrected chi connectivity index (χ0v) is 18.4. The van der Waals surface area contributed by atoms with Gasteiger partial charge < -0.3 is 14.8 Å². The van der Waals surface area contributed by atoms with Gasteiger partial charge in [-0.25, -0.2) is 0 Å². The predicted octanol–water partition coefficient (Wildman–Crippen LogP) is 5.06. The summed E-state index contributed by atoms with van der Waals surface area (Å²) >= 11 is 0. The highest BCUT2D eigenvalue weighted by atomic mass is 16.5. The molecule has 0 bridgehead atoms. The Morgan fingerprint density at radius 1 is 1.13 bits per heavy atom. The monoisotopic (exact) mass is 406 g/mol. The van der Waals surface area contributed by atoms with Gasteiger partial charge in [-0.15, -0.1) is 0 Å². The third-order valence-electron chi connectivity index (χ3n) is 6.32. The maximum Gasteiger partial charge on any atom is 0.164 e. The average Bonchev–Trinajstić information content (AvgIpc) is 2.71. The van der Waals surface area contributed by atoms with Crippen molar-refractivity contribution in [3.05, 3.63) is 70.9 Å². The van der Waals surface area contributed by atoms with Crippen molar-refractivity contribution in [2.24, 2.45) is 5.92 Å². The Hall–Kier alpha value is -2.46. The van der Waals surface area contributed by atoms with Crippen molar-refractivity contribution in [3.8, 4) is 11.5 Å². The zero-order valence-electron chi connectivity index (χ0n) is 18.4. The molecule has 4 heteroatoms. The van der Waals surface area contributed by atoms with Crippen LogP contribution in [0.2, 0.25) is 0 Å². The molecule has 4 nitrogen and oxygen atoms in total. The molecule has 2 aliphatic rings. The van der Waals surface area contributed by atoms with Crippen molar-refractivity contribution in [1.29, 1.82) is 0 Å². The van der Waals surface area contributed by atoms with Gasteiger partial charge in [0.2, 0.25) is 0 Å². The van der Waals surface area contributed by atoms with Gasteiger partial charge in [-0.1, -0.05) is 43.3 Å². The van der Waals surface area contributed by atoms with Crippen LogP contribution in [0.15, 0.2) is 48.7 Å². The molecule has 0 saturated heterocycles. The lowest BCUT2D eigenvalue weighted by molar-refractivity contribution is 0.174. The first-order valence-corrected chi connectivity index (χ1v) is 11.1. The summed E-state index contributed by atoms with van der Waals surface area (Å²) in [5.74, 6) is 2.58. The van der Waals surface area contributed by atoms with E-state index in [-0.39, 0.29) is 0 Å².